The molecule has 1 aliphatic rings. The van der Waals surface area contributed by atoms with Gasteiger partial charge in [0.05, 0.1) is 5.69 Å². The topological polar surface area (TPSA) is 29.5 Å². The molecule has 1 atom stereocenters. The fraction of sp³-hybridized carbons (Fsp3) is 0.176. The van der Waals surface area contributed by atoms with Gasteiger partial charge in [-0.05, 0) is 36.8 Å². The molecule has 3 rings (SSSR count). The van der Waals surface area contributed by atoms with Crippen molar-refractivity contribution in [2.75, 3.05) is 4.90 Å². The van der Waals surface area contributed by atoms with Crippen LogP contribution in [0.3, 0.4) is 0 Å². The van der Waals surface area contributed by atoms with Crippen molar-refractivity contribution in [1.29, 1.82) is 0 Å². The standard InChI is InChI=1S/C17H15NO2S/c1-17(12-13-8-4-2-5-9-13)15(19)18(16(21)20-17)14-10-6-3-7-11-14/h2-11H,12H2,1H3. The zero-order valence-electron chi connectivity index (χ0n) is 11.7. The number of carbonyl (C=O) groups excluding carboxylic acids is 1. The van der Waals surface area contributed by atoms with Crippen molar-refractivity contribution in [1.82, 2.24) is 0 Å². The van der Waals surface area contributed by atoms with E-state index in [-0.39, 0.29) is 11.1 Å². The van der Waals surface area contributed by atoms with Crippen LogP contribution in [-0.2, 0) is 16.0 Å². The maximum atomic E-state index is 12.8. The zero-order valence-corrected chi connectivity index (χ0v) is 12.5. The molecule has 0 bridgehead atoms. The van der Waals surface area contributed by atoms with Gasteiger partial charge in [-0.25, -0.2) is 4.90 Å². The van der Waals surface area contributed by atoms with Crippen molar-refractivity contribution in [3.63, 3.8) is 0 Å². The molecule has 1 unspecified atom stereocenters. The number of ether oxygens (including phenoxy) is 1. The molecule has 0 spiro atoms. The Morgan fingerprint density at radius 1 is 1.05 bits per heavy atom. The lowest BCUT2D eigenvalue weighted by Gasteiger charge is -2.20. The van der Waals surface area contributed by atoms with Gasteiger partial charge in [0.25, 0.3) is 11.1 Å². The van der Waals surface area contributed by atoms with Crippen LogP contribution in [0.2, 0.25) is 0 Å². The average Bonchev–Trinajstić information content (AvgIpc) is 2.70. The summed E-state index contributed by atoms with van der Waals surface area (Å²) in [6.45, 7) is 1.79. The van der Waals surface area contributed by atoms with Gasteiger partial charge in [0, 0.05) is 6.42 Å². The molecule has 1 fully saturated rings. The van der Waals surface area contributed by atoms with Gasteiger partial charge in [0.2, 0.25) is 0 Å². The van der Waals surface area contributed by atoms with Gasteiger partial charge in [-0.1, -0.05) is 48.5 Å². The normalized spacial score (nSPS) is 21.5. The summed E-state index contributed by atoms with van der Waals surface area (Å²) in [6, 6.07) is 19.2. The van der Waals surface area contributed by atoms with Crippen molar-refractivity contribution in [3.8, 4) is 0 Å². The van der Waals surface area contributed by atoms with E-state index in [2.05, 4.69) is 0 Å². The first-order chi connectivity index (χ1) is 10.1. The monoisotopic (exact) mass is 297 g/mol. The van der Waals surface area contributed by atoms with Crippen molar-refractivity contribution in [2.45, 2.75) is 18.9 Å². The first kappa shape index (κ1) is 13.8. The van der Waals surface area contributed by atoms with Crippen molar-refractivity contribution in [3.05, 3.63) is 66.2 Å². The molecule has 2 aromatic rings. The number of para-hydroxylation sites is 1. The third kappa shape index (κ3) is 2.54. The van der Waals surface area contributed by atoms with E-state index in [1.165, 1.54) is 4.90 Å². The molecule has 4 heteroatoms. The van der Waals surface area contributed by atoms with E-state index in [0.29, 0.717) is 6.42 Å². The Balaban J connectivity index is 1.89. The van der Waals surface area contributed by atoms with E-state index in [9.17, 15) is 4.79 Å². The highest BCUT2D eigenvalue weighted by atomic mass is 32.1. The highest BCUT2D eigenvalue weighted by molar-refractivity contribution is 7.80. The van der Waals surface area contributed by atoms with Gasteiger partial charge in [-0.15, -0.1) is 0 Å². The predicted octanol–water partition coefficient (Wildman–Crippen LogP) is 3.34. The maximum absolute atomic E-state index is 12.8. The summed E-state index contributed by atoms with van der Waals surface area (Å²) in [5.41, 5.74) is 0.837. The van der Waals surface area contributed by atoms with E-state index in [0.717, 1.165) is 11.3 Å². The first-order valence-electron chi connectivity index (χ1n) is 6.77. The SMILES string of the molecule is CC1(Cc2ccccc2)OC(=S)N(c2ccccc2)C1=O. The molecule has 1 heterocycles. The smallest absolute Gasteiger partial charge is 0.278 e. The number of nitrogens with zero attached hydrogens (tertiary/aromatic N) is 1. The quantitative estimate of drug-likeness (QED) is 0.814. The number of hydrogen-bond donors (Lipinski definition) is 0. The molecule has 0 aromatic heterocycles. The Morgan fingerprint density at radius 2 is 1.62 bits per heavy atom. The van der Waals surface area contributed by atoms with Crippen LogP contribution in [0.25, 0.3) is 0 Å². The first-order valence-corrected chi connectivity index (χ1v) is 7.17. The Bertz CT molecular complexity index is 672. The maximum Gasteiger partial charge on any atom is 0.278 e. The predicted molar refractivity (Wildman–Crippen MR) is 86.2 cm³/mol. The molecule has 0 saturated carbocycles. The van der Waals surface area contributed by atoms with Gasteiger partial charge in [0.15, 0.2) is 5.60 Å². The van der Waals surface area contributed by atoms with Gasteiger partial charge in [-0.3, -0.25) is 4.79 Å². The van der Waals surface area contributed by atoms with Gasteiger partial charge in [0.1, 0.15) is 0 Å². The van der Waals surface area contributed by atoms with E-state index >= 15 is 0 Å². The minimum Gasteiger partial charge on any atom is -0.454 e. The van der Waals surface area contributed by atoms with E-state index < -0.39 is 5.60 Å². The summed E-state index contributed by atoms with van der Waals surface area (Å²) in [6.07, 6.45) is 0.496. The summed E-state index contributed by atoms with van der Waals surface area (Å²) in [4.78, 5) is 14.2. The number of rotatable bonds is 3. The molecule has 0 aliphatic carbocycles. The molecule has 106 valence electrons. The van der Waals surface area contributed by atoms with Crippen LogP contribution in [0.5, 0.6) is 0 Å². The molecule has 1 amide bonds. The lowest BCUT2D eigenvalue weighted by molar-refractivity contribution is -0.128. The third-order valence-electron chi connectivity index (χ3n) is 3.55. The van der Waals surface area contributed by atoms with Crippen LogP contribution in [0.1, 0.15) is 12.5 Å². The minimum absolute atomic E-state index is 0.123. The molecule has 1 aliphatic heterocycles. The second kappa shape index (κ2) is 5.30. The van der Waals surface area contributed by atoms with Crippen LogP contribution < -0.4 is 4.90 Å². The van der Waals surface area contributed by atoms with Gasteiger partial charge >= 0.3 is 0 Å². The Kier molecular flexibility index (Phi) is 3.47. The Labute approximate surface area is 129 Å². The summed E-state index contributed by atoms with van der Waals surface area (Å²) < 4.78 is 5.74. The fourth-order valence-corrected chi connectivity index (χ4v) is 2.87. The Hall–Kier alpha value is -2.20. The highest BCUT2D eigenvalue weighted by Crippen LogP contribution is 2.31. The minimum atomic E-state index is -0.950. The van der Waals surface area contributed by atoms with Crippen LogP contribution >= 0.6 is 12.2 Å². The van der Waals surface area contributed by atoms with Crippen LogP contribution in [0.15, 0.2) is 60.7 Å². The van der Waals surface area contributed by atoms with Crippen molar-refractivity contribution in [2.24, 2.45) is 0 Å². The number of hydrogen-bond acceptors (Lipinski definition) is 3. The van der Waals surface area contributed by atoms with Crippen molar-refractivity contribution < 1.29 is 9.53 Å². The molecule has 3 nitrogen and oxygen atoms in total. The lowest BCUT2D eigenvalue weighted by atomic mass is 9.95. The Morgan fingerprint density at radius 3 is 2.24 bits per heavy atom. The van der Waals surface area contributed by atoms with Crippen molar-refractivity contribution >= 4 is 29.0 Å². The second-order valence-corrected chi connectivity index (χ2v) is 5.59. The third-order valence-corrected chi connectivity index (χ3v) is 3.82. The zero-order chi connectivity index (χ0) is 14.9. The largest absolute Gasteiger partial charge is 0.454 e. The van der Waals surface area contributed by atoms with Crippen LogP contribution in [0, 0.1) is 0 Å². The molecule has 0 N–H and O–H groups in total. The fourth-order valence-electron chi connectivity index (χ4n) is 2.50. The molecular weight excluding hydrogens is 282 g/mol. The number of anilines is 1. The van der Waals surface area contributed by atoms with Gasteiger partial charge < -0.3 is 4.74 Å². The summed E-state index contributed by atoms with van der Waals surface area (Å²) in [5, 5.41) is 0.213. The number of benzene rings is 2. The molecule has 2 aromatic carbocycles. The second-order valence-electron chi connectivity index (χ2n) is 5.24. The van der Waals surface area contributed by atoms with E-state index in [4.69, 9.17) is 17.0 Å². The van der Waals surface area contributed by atoms with Crippen LogP contribution in [0.4, 0.5) is 5.69 Å². The molecular formula is C17H15NO2S. The number of amides is 1. The van der Waals surface area contributed by atoms with E-state index in [1.807, 2.05) is 60.7 Å². The lowest BCUT2D eigenvalue weighted by Crippen LogP contribution is -2.40. The number of thiocarbonyl (C=S) groups is 1. The molecule has 0 radical (unpaired) electrons. The highest BCUT2D eigenvalue weighted by Gasteiger charge is 2.49. The average molecular weight is 297 g/mol. The van der Waals surface area contributed by atoms with E-state index in [1.54, 1.807) is 6.92 Å². The molecule has 1 saturated heterocycles. The number of carbonyl (C=O) groups is 1. The summed E-state index contributed by atoms with van der Waals surface area (Å²) in [5.74, 6) is -0.123. The summed E-state index contributed by atoms with van der Waals surface area (Å²) in [7, 11) is 0. The summed E-state index contributed by atoms with van der Waals surface area (Å²) >= 11 is 5.25. The van der Waals surface area contributed by atoms with Crippen LogP contribution in [-0.4, -0.2) is 16.7 Å². The van der Waals surface area contributed by atoms with Gasteiger partial charge in [-0.2, -0.15) is 0 Å². The molecule has 21 heavy (non-hydrogen) atoms.